The van der Waals surface area contributed by atoms with Crippen molar-refractivity contribution < 1.29 is 22.6 Å². The molecule has 1 saturated heterocycles. The summed E-state index contributed by atoms with van der Waals surface area (Å²) in [5, 5.41) is 0. The summed E-state index contributed by atoms with van der Waals surface area (Å²) in [7, 11) is 0. The highest BCUT2D eigenvalue weighted by Gasteiger charge is 2.50. The molecule has 0 bridgehead atoms. The molecule has 2 rings (SSSR count). The van der Waals surface area contributed by atoms with E-state index in [1.807, 2.05) is 27.7 Å². The minimum absolute atomic E-state index is 0.207. The molecule has 6 heteroatoms. The summed E-state index contributed by atoms with van der Waals surface area (Å²) in [6.07, 6.45) is -5.33. The van der Waals surface area contributed by atoms with E-state index in [9.17, 15) is 13.2 Å². The fourth-order valence-corrected chi connectivity index (χ4v) is 1.93. The lowest BCUT2D eigenvalue weighted by Crippen LogP contribution is -2.41. The van der Waals surface area contributed by atoms with Gasteiger partial charge in [0.1, 0.15) is 0 Å². The van der Waals surface area contributed by atoms with Crippen LogP contribution in [0.4, 0.5) is 18.9 Å². The van der Waals surface area contributed by atoms with Crippen LogP contribution in [0.1, 0.15) is 45.1 Å². The Kier molecular flexibility index (Phi) is 3.30. The van der Waals surface area contributed by atoms with E-state index in [-0.39, 0.29) is 11.3 Å². The zero-order valence-corrected chi connectivity index (χ0v) is 11.8. The lowest BCUT2D eigenvalue weighted by molar-refractivity contribution is -0.138. The molecule has 1 aliphatic heterocycles. The van der Waals surface area contributed by atoms with Gasteiger partial charge in [-0.1, -0.05) is 0 Å². The van der Waals surface area contributed by atoms with Crippen molar-refractivity contribution in [3.63, 3.8) is 0 Å². The average molecular weight is 289 g/mol. The molecule has 0 saturated carbocycles. The van der Waals surface area contributed by atoms with E-state index < -0.39 is 29.2 Å². The number of rotatable bonds is 1. The first-order chi connectivity index (χ1) is 8.94. The second kappa shape index (κ2) is 4.36. The maximum Gasteiger partial charge on any atom is 0.416 e. The number of alkyl halides is 3. The number of hydrogen-bond acceptors (Lipinski definition) is 3. The minimum Gasteiger partial charge on any atom is -0.398 e. The highest BCUT2D eigenvalue weighted by atomic mass is 19.4. The maximum absolute atomic E-state index is 12.8. The predicted molar refractivity (Wildman–Crippen MR) is 68.9 cm³/mol. The van der Waals surface area contributed by atoms with Crippen molar-refractivity contribution >= 4 is 5.69 Å². The van der Waals surface area contributed by atoms with Crippen LogP contribution in [-0.4, -0.2) is 11.2 Å². The van der Waals surface area contributed by atoms with Crippen molar-refractivity contribution in [1.29, 1.82) is 0 Å². The Labute approximate surface area is 115 Å². The predicted octanol–water partition coefficient (Wildman–Crippen LogP) is 3.89. The molecule has 2 N–H and O–H groups in total. The van der Waals surface area contributed by atoms with E-state index in [1.54, 1.807) is 0 Å². The van der Waals surface area contributed by atoms with Crippen molar-refractivity contribution in [2.24, 2.45) is 0 Å². The first-order valence-electron chi connectivity index (χ1n) is 6.26. The number of nitrogens with two attached hydrogens (primary N) is 1. The zero-order chi connectivity index (χ0) is 15.3. The summed E-state index contributed by atoms with van der Waals surface area (Å²) in [5.74, 6) is 0. The minimum atomic E-state index is -4.42. The average Bonchev–Trinajstić information content (AvgIpc) is 2.46. The first kappa shape index (κ1) is 15.1. The van der Waals surface area contributed by atoms with Gasteiger partial charge in [-0.25, -0.2) is 0 Å². The van der Waals surface area contributed by atoms with Gasteiger partial charge in [-0.2, -0.15) is 13.2 Å². The van der Waals surface area contributed by atoms with Gasteiger partial charge in [-0.05, 0) is 45.9 Å². The Morgan fingerprint density at radius 3 is 2.00 bits per heavy atom. The third-order valence-electron chi connectivity index (χ3n) is 3.92. The number of hydrogen-bond donors (Lipinski definition) is 1. The molecular weight excluding hydrogens is 271 g/mol. The Balaban J connectivity index is 2.40. The molecule has 1 aromatic rings. The lowest BCUT2D eigenvalue weighted by atomic mass is 9.90. The van der Waals surface area contributed by atoms with E-state index in [4.69, 9.17) is 15.2 Å². The fourth-order valence-electron chi connectivity index (χ4n) is 1.93. The molecule has 0 aliphatic carbocycles. The molecule has 1 aliphatic rings. The second-order valence-corrected chi connectivity index (χ2v) is 5.93. The van der Waals surface area contributed by atoms with Crippen LogP contribution in [-0.2, 0) is 15.7 Å². The van der Waals surface area contributed by atoms with Gasteiger partial charge in [0.15, 0.2) is 6.29 Å². The van der Waals surface area contributed by atoms with Crippen molar-refractivity contribution in [2.75, 3.05) is 5.73 Å². The number of ether oxygens (including phenoxy) is 2. The maximum atomic E-state index is 12.8. The Morgan fingerprint density at radius 2 is 1.55 bits per heavy atom. The van der Waals surface area contributed by atoms with Crippen LogP contribution in [0.25, 0.3) is 0 Å². The van der Waals surface area contributed by atoms with Crippen LogP contribution >= 0.6 is 0 Å². The van der Waals surface area contributed by atoms with Gasteiger partial charge >= 0.3 is 6.18 Å². The summed E-state index contributed by atoms with van der Waals surface area (Å²) in [4.78, 5) is 0. The van der Waals surface area contributed by atoms with Crippen LogP contribution in [0.15, 0.2) is 18.2 Å². The third-order valence-corrected chi connectivity index (χ3v) is 3.92. The SMILES string of the molecule is CC1(C)OC(c2cc(C(F)(F)F)ccc2N)OC1(C)C. The molecule has 0 aromatic heterocycles. The summed E-state index contributed by atoms with van der Waals surface area (Å²) < 4.78 is 49.8. The molecule has 1 fully saturated rings. The van der Waals surface area contributed by atoms with E-state index in [0.717, 1.165) is 12.1 Å². The number of anilines is 1. The third kappa shape index (κ3) is 2.50. The van der Waals surface area contributed by atoms with E-state index in [2.05, 4.69) is 0 Å². The van der Waals surface area contributed by atoms with E-state index in [0.29, 0.717) is 0 Å². The Bertz CT molecular complexity index is 508. The summed E-state index contributed by atoms with van der Waals surface area (Å²) in [6.45, 7) is 7.32. The molecule has 0 spiro atoms. The van der Waals surface area contributed by atoms with Crippen molar-refractivity contribution in [2.45, 2.75) is 51.4 Å². The van der Waals surface area contributed by atoms with Gasteiger partial charge in [0.25, 0.3) is 0 Å². The van der Waals surface area contributed by atoms with Crippen molar-refractivity contribution in [3.05, 3.63) is 29.3 Å². The molecule has 112 valence electrons. The smallest absolute Gasteiger partial charge is 0.398 e. The first-order valence-corrected chi connectivity index (χ1v) is 6.26. The van der Waals surface area contributed by atoms with Crippen molar-refractivity contribution in [1.82, 2.24) is 0 Å². The summed E-state index contributed by atoms with van der Waals surface area (Å²) in [6, 6.07) is 3.16. The topological polar surface area (TPSA) is 44.5 Å². The lowest BCUT2D eigenvalue weighted by Gasteiger charge is -2.30. The van der Waals surface area contributed by atoms with E-state index in [1.165, 1.54) is 6.07 Å². The van der Waals surface area contributed by atoms with Crippen LogP contribution in [0.5, 0.6) is 0 Å². The molecule has 0 atom stereocenters. The monoisotopic (exact) mass is 289 g/mol. The van der Waals surface area contributed by atoms with Gasteiger partial charge in [0.2, 0.25) is 0 Å². The summed E-state index contributed by atoms with van der Waals surface area (Å²) in [5.41, 5.74) is 4.17. The highest BCUT2D eigenvalue weighted by Crippen LogP contribution is 2.46. The van der Waals surface area contributed by atoms with Crippen LogP contribution in [0, 0.1) is 0 Å². The summed E-state index contributed by atoms with van der Waals surface area (Å²) >= 11 is 0. The largest absolute Gasteiger partial charge is 0.416 e. The molecule has 3 nitrogen and oxygen atoms in total. The quantitative estimate of drug-likeness (QED) is 0.798. The molecule has 0 amide bonds. The van der Waals surface area contributed by atoms with Crippen molar-refractivity contribution in [3.8, 4) is 0 Å². The van der Waals surface area contributed by atoms with Gasteiger partial charge in [0.05, 0.1) is 16.8 Å². The second-order valence-electron chi connectivity index (χ2n) is 5.93. The Hall–Kier alpha value is -1.27. The number of nitrogen functional groups attached to an aromatic ring is 1. The molecular formula is C14H18F3NO2. The van der Waals surface area contributed by atoms with Crippen LogP contribution in [0.3, 0.4) is 0 Å². The van der Waals surface area contributed by atoms with Gasteiger partial charge in [0, 0.05) is 11.3 Å². The van der Waals surface area contributed by atoms with Gasteiger partial charge < -0.3 is 15.2 Å². The standard InChI is InChI=1S/C14H18F3NO2/c1-12(2)13(3,4)20-11(19-12)9-7-8(14(15,16)17)5-6-10(9)18/h5-7,11H,18H2,1-4H3. The molecule has 1 heterocycles. The highest BCUT2D eigenvalue weighted by molar-refractivity contribution is 5.50. The van der Waals surface area contributed by atoms with Gasteiger partial charge in [-0.3, -0.25) is 0 Å². The normalized spacial score (nSPS) is 22.1. The van der Waals surface area contributed by atoms with Gasteiger partial charge in [-0.15, -0.1) is 0 Å². The molecule has 20 heavy (non-hydrogen) atoms. The van der Waals surface area contributed by atoms with Crippen LogP contribution in [0.2, 0.25) is 0 Å². The Morgan fingerprint density at radius 1 is 1.05 bits per heavy atom. The van der Waals surface area contributed by atoms with E-state index >= 15 is 0 Å². The zero-order valence-electron chi connectivity index (χ0n) is 11.8. The van der Waals surface area contributed by atoms with Crippen LogP contribution < -0.4 is 5.73 Å². The molecule has 1 aromatic carbocycles. The molecule has 0 radical (unpaired) electrons. The number of halogens is 3. The molecule has 0 unspecified atom stereocenters. The fraction of sp³-hybridized carbons (Fsp3) is 0.571. The number of benzene rings is 1.